The van der Waals surface area contributed by atoms with Gasteiger partial charge in [0.15, 0.2) is 0 Å². The van der Waals surface area contributed by atoms with Crippen molar-refractivity contribution in [2.45, 2.75) is 48.9 Å². The van der Waals surface area contributed by atoms with Crippen molar-refractivity contribution in [3.63, 3.8) is 0 Å². The van der Waals surface area contributed by atoms with Gasteiger partial charge in [0.25, 0.3) is 0 Å². The van der Waals surface area contributed by atoms with Crippen LogP contribution >= 0.6 is 11.8 Å². The van der Waals surface area contributed by atoms with Crippen LogP contribution in [0, 0.1) is 0 Å². The summed E-state index contributed by atoms with van der Waals surface area (Å²) in [6.45, 7) is 4.40. The second-order valence-corrected chi connectivity index (χ2v) is 6.36. The molecule has 0 aromatic heterocycles. The van der Waals surface area contributed by atoms with Gasteiger partial charge in [0, 0.05) is 16.6 Å². The third-order valence-electron chi connectivity index (χ3n) is 2.66. The Labute approximate surface area is 95.9 Å². The van der Waals surface area contributed by atoms with Crippen LogP contribution < -0.4 is 0 Å². The van der Waals surface area contributed by atoms with E-state index in [9.17, 15) is 5.11 Å². The van der Waals surface area contributed by atoms with E-state index >= 15 is 0 Å². The molecule has 0 bridgehead atoms. The van der Waals surface area contributed by atoms with Gasteiger partial charge in [-0.15, -0.1) is 11.8 Å². The zero-order chi connectivity index (χ0) is 10.9. The lowest BCUT2D eigenvalue weighted by molar-refractivity contribution is 0.151. The Balaban J connectivity index is 1.97. The fourth-order valence-corrected chi connectivity index (χ4v) is 2.50. The maximum atomic E-state index is 9.79. The number of benzene rings is 1. The van der Waals surface area contributed by atoms with E-state index in [4.69, 9.17) is 0 Å². The molecule has 1 aliphatic rings. The van der Waals surface area contributed by atoms with E-state index in [-0.39, 0.29) is 5.60 Å². The van der Waals surface area contributed by atoms with Crippen molar-refractivity contribution in [2.24, 2.45) is 0 Å². The Bertz CT molecular complexity index is 325. The fraction of sp³-hybridized carbons (Fsp3) is 0.538. The Morgan fingerprint density at radius 1 is 1.27 bits per heavy atom. The van der Waals surface area contributed by atoms with Crippen molar-refractivity contribution in [2.75, 3.05) is 0 Å². The highest BCUT2D eigenvalue weighted by Crippen LogP contribution is 2.38. The normalized spacial score (nSPS) is 18.1. The molecule has 0 radical (unpaired) electrons. The number of hydrogen-bond donors (Lipinski definition) is 1. The quantitative estimate of drug-likeness (QED) is 0.789. The Morgan fingerprint density at radius 3 is 2.33 bits per heavy atom. The van der Waals surface area contributed by atoms with Crippen LogP contribution in [0.15, 0.2) is 29.2 Å². The molecule has 2 rings (SSSR count). The van der Waals surface area contributed by atoms with E-state index in [1.165, 1.54) is 10.5 Å². The summed E-state index contributed by atoms with van der Waals surface area (Å²) in [6.07, 6.45) is 2.75. The van der Waals surface area contributed by atoms with Crippen LogP contribution in [0.4, 0.5) is 0 Å². The van der Waals surface area contributed by atoms with Gasteiger partial charge in [0.05, 0.1) is 5.60 Å². The van der Waals surface area contributed by atoms with E-state index in [0.717, 1.165) is 19.3 Å². The smallest absolute Gasteiger partial charge is 0.0690 e. The third-order valence-corrected chi connectivity index (χ3v) is 3.67. The zero-order valence-corrected chi connectivity index (χ0v) is 10.2. The van der Waals surface area contributed by atoms with Crippen molar-refractivity contribution in [3.8, 4) is 0 Å². The average molecular weight is 222 g/mol. The van der Waals surface area contributed by atoms with Crippen LogP contribution in [0.3, 0.4) is 0 Å². The van der Waals surface area contributed by atoms with Gasteiger partial charge in [0.1, 0.15) is 0 Å². The molecule has 82 valence electrons. The molecule has 0 amide bonds. The lowest BCUT2D eigenvalue weighted by Crippen LogP contribution is -2.10. The predicted molar refractivity (Wildman–Crippen MR) is 65.3 cm³/mol. The zero-order valence-electron chi connectivity index (χ0n) is 9.36. The molecular weight excluding hydrogens is 204 g/mol. The van der Waals surface area contributed by atoms with Gasteiger partial charge in [-0.25, -0.2) is 0 Å². The Morgan fingerprint density at radius 2 is 1.87 bits per heavy atom. The number of hydrogen-bond acceptors (Lipinski definition) is 2. The third kappa shape index (κ3) is 3.25. The van der Waals surface area contributed by atoms with Crippen LogP contribution in [0.25, 0.3) is 0 Å². The summed E-state index contributed by atoms with van der Waals surface area (Å²) in [7, 11) is 0. The molecule has 2 heteroatoms. The molecule has 0 unspecified atom stereocenters. The van der Waals surface area contributed by atoms with Gasteiger partial charge in [-0.2, -0.15) is 0 Å². The van der Waals surface area contributed by atoms with Crippen molar-refractivity contribution in [3.05, 3.63) is 29.8 Å². The molecule has 0 spiro atoms. The van der Waals surface area contributed by atoms with Gasteiger partial charge < -0.3 is 5.11 Å². The highest BCUT2D eigenvalue weighted by atomic mass is 32.2. The van der Waals surface area contributed by atoms with Crippen LogP contribution in [0.5, 0.6) is 0 Å². The number of thioether (sulfide) groups is 1. The summed E-state index contributed by atoms with van der Waals surface area (Å²) in [5.74, 6) is 0. The molecule has 15 heavy (non-hydrogen) atoms. The van der Waals surface area contributed by atoms with E-state index in [0.29, 0.717) is 5.25 Å². The molecule has 0 aliphatic heterocycles. The predicted octanol–water partition coefficient (Wildman–Crippen LogP) is 3.25. The molecule has 1 fully saturated rings. The SMILES string of the molecule is CC(C)Sc1ccc(CC2(O)CC2)cc1. The molecule has 1 aromatic carbocycles. The second kappa shape index (κ2) is 4.18. The molecule has 0 heterocycles. The monoisotopic (exact) mass is 222 g/mol. The molecular formula is C13H18OS. The molecule has 1 nitrogen and oxygen atoms in total. The van der Waals surface area contributed by atoms with Crippen LogP contribution in [-0.4, -0.2) is 16.0 Å². The first-order valence-electron chi connectivity index (χ1n) is 5.55. The minimum Gasteiger partial charge on any atom is -0.390 e. The average Bonchev–Trinajstić information content (AvgIpc) is 2.86. The van der Waals surface area contributed by atoms with Crippen LogP contribution in [0.2, 0.25) is 0 Å². The maximum Gasteiger partial charge on any atom is 0.0690 e. The first-order valence-corrected chi connectivity index (χ1v) is 6.43. The topological polar surface area (TPSA) is 20.2 Å². The fourth-order valence-electron chi connectivity index (χ4n) is 1.66. The lowest BCUT2D eigenvalue weighted by atomic mass is 10.1. The molecule has 1 aliphatic carbocycles. The van der Waals surface area contributed by atoms with E-state index in [1.807, 2.05) is 11.8 Å². The maximum absolute atomic E-state index is 9.79. The first-order chi connectivity index (χ1) is 7.07. The molecule has 0 saturated heterocycles. The van der Waals surface area contributed by atoms with Crippen molar-refractivity contribution in [1.29, 1.82) is 0 Å². The van der Waals surface area contributed by atoms with Gasteiger partial charge >= 0.3 is 0 Å². The van der Waals surface area contributed by atoms with Crippen LogP contribution in [-0.2, 0) is 6.42 Å². The number of aliphatic hydroxyl groups is 1. The highest BCUT2D eigenvalue weighted by Gasteiger charge is 2.39. The molecule has 0 atom stereocenters. The molecule has 1 saturated carbocycles. The standard InChI is InChI=1S/C13H18OS/c1-10(2)15-12-5-3-11(4-6-12)9-13(14)7-8-13/h3-6,10,14H,7-9H2,1-2H3. The largest absolute Gasteiger partial charge is 0.390 e. The summed E-state index contributed by atoms with van der Waals surface area (Å²) in [6, 6.07) is 8.60. The van der Waals surface area contributed by atoms with E-state index in [2.05, 4.69) is 38.1 Å². The second-order valence-electron chi connectivity index (χ2n) is 4.71. The van der Waals surface area contributed by atoms with E-state index < -0.39 is 0 Å². The molecule has 1 aromatic rings. The first kappa shape index (κ1) is 11.0. The molecule has 1 N–H and O–H groups in total. The van der Waals surface area contributed by atoms with E-state index in [1.54, 1.807) is 0 Å². The van der Waals surface area contributed by atoms with Crippen molar-refractivity contribution < 1.29 is 5.11 Å². The Hall–Kier alpha value is -0.470. The summed E-state index contributed by atoms with van der Waals surface area (Å²) in [4.78, 5) is 1.32. The Kier molecular flexibility index (Phi) is 3.08. The number of rotatable bonds is 4. The van der Waals surface area contributed by atoms with Gasteiger partial charge in [0.2, 0.25) is 0 Å². The van der Waals surface area contributed by atoms with Gasteiger partial charge in [-0.05, 0) is 30.5 Å². The summed E-state index contributed by atoms with van der Waals surface area (Å²) in [5, 5.41) is 10.4. The van der Waals surface area contributed by atoms with Crippen molar-refractivity contribution in [1.82, 2.24) is 0 Å². The van der Waals surface area contributed by atoms with Crippen molar-refractivity contribution >= 4 is 11.8 Å². The highest BCUT2D eigenvalue weighted by molar-refractivity contribution is 7.99. The lowest BCUT2D eigenvalue weighted by Gasteiger charge is -2.09. The van der Waals surface area contributed by atoms with Gasteiger partial charge in [-0.3, -0.25) is 0 Å². The summed E-state index contributed by atoms with van der Waals surface area (Å²) < 4.78 is 0. The summed E-state index contributed by atoms with van der Waals surface area (Å²) in [5.41, 5.74) is 0.885. The van der Waals surface area contributed by atoms with Crippen LogP contribution in [0.1, 0.15) is 32.3 Å². The van der Waals surface area contributed by atoms with Gasteiger partial charge in [-0.1, -0.05) is 26.0 Å². The minimum atomic E-state index is -0.368. The summed E-state index contributed by atoms with van der Waals surface area (Å²) >= 11 is 1.88. The minimum absolute atomic E-state index is 0.368.